The molecule has 0 radical (unpaired) electrons. The fraction of sp³-hybridized carbons (Fsp3) is 0.562. The molecule has 0 saturated carbocycles. The molecule has 1 aromatic carbocycles. The number of carbonyl (C=O) groups is 1. The van der Waals surface area contributed by atoms with Crippen molar-refractivity contribution >= 4 is 15.9 Å². The van der Waals surface area contributed by atoms with Gasteiger partial charge in [0.2, 0.25) is 15.9 Å². The number of rotatable bonds is 7. The molecular formula is C16H24FN3O4S. The Morgan fingerprint density at radius 3 is 2.76 bits per heavy atom. The lowest BCUT2D eigenvalue weighted by Gasteiger charge is -2.20. The number of benzene rings is 1. The Bertz CT molecular complexity index is 726. The maximum atomic E-state index is 13.1. The molecule has 2 unspecified atom stereocenters. The highest BCUT2D eigenvalue weighted by Crippen LogP contribution is 2.16. The summed E-state index contributed by atoms with van der Waals surface area (Å²) in [6.45, 7) is 4.88. The smallest absolute Gasteiger partial charge is 0.241 e. The second-order valence-corrected chi connectivity index (χ2v) is 7.86. The molecule has 0 aliphatic carbocycles. The van der Waals surface area contributed by atoms with E-state index in [0.29, 0.717) is 19.7 Å². The monoisotopic (exact) mass is 373 g/mol. The molecule has 9 heteroatoms. The maximum Gasteiger partial charge on any atom is 0.241 e. The molecule has 140 valence electrons. The molecule has 1 fully saturated rings. The number of amides is 1. The van der Waals surface area contributed by atoms with E-state index in [1.165, 1.54) is 13.0 Å². The van der Waals surface area contributed by atoms with Gasteiger partial charge in [-0.2, -0.15) is 0 Å². The van der Waals surface area contributed by atoms with E-state index < -0.39 is 28.3 Å². The summed E-state index contributed by atoms with van der Waals surface area (Å²) in [4.78, 5) is 14.1. The molecule has 1 saturated heterocycles. The van der Waals surface area contributed by atoms with Crippen LogP contribution in [0.25, 0.3) is 0 Å². The van der Waals surface area contributed by atoms with Crippen LogP contribution in [0.3, 0.4) is 0 Å². The van der Waals surface area contributed by atoms with Crippen molar-refractivity contribution in [3.63, 3.8) is 0 Å². The summed E-state index contributed by atoms with van der Waals surface area (Å²) in [6.07, 6.45) is -0.116. The van der Waals surface area contributed by atoms with Crippen molar-refractivity contribution in [2.75, 3.05) is 33.3 Å². The second kappa shape index (κ2) is 8.22. The third-order valence-corrected chi connectivity index (χ3v) is 5.59. The minimum Gasteiger partial charge on any atom is -0.375 e. The molecule has 0 bridgehead atoms. The Kier molecular flexibility index (Phi) is 6.50. The lowest BCUT2D eigenvalue weighted by Crippen LogP contribution is -2.47. The summed E-state index contributed by atoms with van der Waals surface area (Å²) in [5.41, 5.74) is 0.279. The number of nitrogens with one attached hydrogen (secondary N) is 2. The number of halogens is 1. The average Bonchev–Trinajstić information content (AvgIpc) is 2.85. The first-order valence-electron chi connectivity index (χ1n) is 8.08. The van der Waals surface area contributed by atoms with Crippen LogP contribution in [0.15, 0.2) is 23.1 Å². The predicted molar refractivity (Wildman–Crippen MR) is 91.2 cm³/mol. The van der Waals surface area contributed by atoms with Crippen LogP contribution in [-0.2, 0) is 19.6 Å². The predicted octanol–water partition coefficient (Wildman–Crippen LogP) is 0.248. The number of hydrogen-bond acceptors (Lipinski definition) is 5. The zero-order valence-corrected chi connectivity index (χ0v) is 15.4. The molecule has 1 aliphatic heterocycles. The van der Waals surface area contributed by atoms with Crippen LogP contribution in [-0.4, -0.2) is 64.7 Å². The first-order valence-corrected chi connectivity index (χ1v) is 9.56. The van der Waals surface area contributed by atoms with Gasteiger partial charge in [0.05, 0.1) is 23.6 Å². The van der Waals surface area contributed by atoms with Crippen molar-refractivity contribution in [1.29, 1.82) is 0 Å². The van der Waals surface area contributed by atoms with E-state index in [1.807, 2.05) is 18.9 Å². The number of likely N-dealkylation sites (tertiary alicyclic amines) is 1. The summed E-state index contributed by atoms with van der Waals surface area (Å²) in [7, 11) is -1.96. The van der Waals surface area contributed by atoms with Gasteiger partial charge in [0.15, 0.2) is 0 Å². The van der Waals surface area contributed by atoms with Crippen molar-refractivity contribution in [2.45, 2.75) is 30.9 Å². The average molecular weight is 373 g/mol. The molecule has 2 atom stereocenters. The molecule has 1 amide bonds. The lowest BCUT2D eigenvalue weighted by molar-refractivity contribution is -0.121. The van der Waals surface area contributed by atoms with Gasteiger partial charge < -0.3 is 15.0 Å². The van der Waals surface area contributed by atoms with Crippen LogP contribution < -0.4 is 10.0 Å². The Morgan fingerprint density at radius 2 is 2.12 bits per heavy atom. The van der Waals surface area contributed by atoms with Crippen molar-refractivity contribution in [1.82, 2.24) is 14.9 Å². The van der Waals surface area contributed by atoms with Crippen molar-refractivity contribution in [2.24, 2.45) is 0 Å². The Morgan fingerprint density at radius 1 is 1.40 bits per heavy atom. The molecule has 1 aromatic rings. The number of nitrogens with zero attached hydrogens (tertiary/aromatic N) is 1. The van der Waals surface area contributed by atoms with Crippen LogP contribution in [0.1, 0.15) is 12.5 Å². The molecule has 2 rings (SSSR count). The van der Waals surface area contributed by atoms with Gasteiger partial charge in [-0.05, 0) is 44.7 Å². The number of ether oxygens (including phenoxy) is 1. The molecule has 1 heterocycles. The molecular weight excluding hydrogens is 349 g/mol. The molecule has 1 aliphatic rings. The van der Waals surface area contributed by atoms with Crippen molar-refractivity contribution < 1.29 is 22.3 Å². The van der Waals surface area contributed by atoms with Crippen molar-refractivity contribution in [3.8, 4) is 0 Å². The second-order valence-electron chi connectivity index (χ2n) is 6.12. The van der Waals surface area contributed by atoms with Gasteiger partial charge in [-0.3, -0.25) is 4.79 Å². The highest BCUT2D eigenvalue weighted by atomic mass is 32.2. The van der Waals surface area contributed by atoms with E-state index in [-0.39, 0.29) is 22.6 Å². The number of carbonyl (C=O) groups excluding carboxylic acids is 1. The van der Waals surface area contributed by atoms with E-state index in [1.54, 1.807) is 0 Å². The van der Waals surface area contributed by atoms with Crippen LogP contribution in [0.4, 0.5) is 4.39 Å². The first-order chi connectivity index (χ1) is 11.7. The highest BCUT2D eigenvalue weighted by molar-refractivity contribution is 7.89. The normalized spacial score (nSPS) is 21.4. The fourth-order valence-electron chi connectivity index (χ4n) is 2.89. The van der Waals surface area contributed by atoms with Crippen LogP contribution in [0, 0.1) is 12.7 Å². The fourth-order valence-corrected chi connectivity index (χ4v) is 4.10. The van der Waals surface area contributed by atoms with Crippen molar-refractivity contribution in [3.05, 3.63) is 29.6 Å². The van der Waals surface area contributed by atoms with Gasteiger partial charge in [-0.15, -0.1) is 0 Å². The van der Waals surface area contributed by atoms with Gasteiger partial charge in [-0.25, -0.2) is 17.5 Å². The summed E-state index contributed by atoms with van der Waals surface area (Å²) >= 11 is 0. The van der Waals surface area contributed by atoms with Gasteiger partial charge in [0.1, 0.15) is 5.82 Å². The zero-order valence-electron chi connectivity index (χ0n) is 14.6. The lowest BCUT2D eigenvalue weighted by atomic mass is 10.2. The summed E-state index contributed by atoms with van der Waals surface area (Å²) in [6, 6.07) is 3.20. The Labute approximate surface area is 147 Å². The zero-order chi connectivity index (χ0) is 18.6. The van der Waals surface area contributed by atoms with Gasteiger partial charge in [0.25, 0.3) is 0 Å². The first kappa shape index (κ1) is 19.8. The van der Waals surface area contributed by atoms with Gasteiger partial charge in [0, 0.05) is 19.7 Å². The van der Waals surface area contributed by atoms with E-state index in [9.17, 15) is 17.6 Å². The molecule has 25 heavy (non-hydrogen) atoms. The Hall–Kier alpha value is -1.55. The molecule has 0 spiro atoms. The SMILES string of the molecule is CCOC1CN(C)CC1NC(=O)CNS(=O)(=O)c1ccc(F)cc1C. The van der Waals surface area contributed by atoms with Crippen LogP contribution in [0.5, 0.6) is 0 Å². The third-order valence-electron chi connectivity index (χ3n) is 4.03. The van der Waals surface area contributed by atoms with E-state index in [0.717, 1.165) is 12.1 Å². The highest BCUT2D eigenvalue weighted by Gasteiger charge is 2.32. The van der Waals surface area contributed by atoms with Crippen LogP contribution in [0.2, 0.25) is 0 Å². The Balaban J connectivity index is 1.94. The molecule has 0 aromatic heterocycles. The topological polar surface area (TPSA) is 87.7 Å². The van der Waals surface area contributed by atoms with E-state index >= 15 is 0 Å². The number of aryl methyl sites for hydroxylation is 1. The van der Waals surface area contributed by atoms with E-state index in [4.69, 9.17) is 4.74 Å². The summed E-state index contributed by atoms with van der Waals surface area (Å²) < 4.78 is 45.5. The number of likely N-dealkylation sites (N-methyl/N-ethyl adjacent to an activating group) is 1. The number of sulfonamides is 1. The van der Waals surface area contributed by atoms with Gasteiger partial charge in [-0.1, -0.05) is 0 Å². The molecule has 7 nitrogen and oxygen atoms in total. The quantitative estimate of drug-likeness (QED) is 0.715. The maximum absolute atomic E-state index is 13.1. The third kappa shape index (κ3) is 5.21. The van der Waals surface area contributed by atoms with Gasteiger partial charge >= 0.3 is 0 Å². The summed E-state index contributed by atoms with van der Waals surface area (Å²) in [5, 5.41) is 2.80. The standard InChI is InChI=1S/C16H24FN3O4S/c1-4-24-14-10-20(3)9-13(14)19-16(21)8-18-25(22,23)15-6-5-12(17)7-11(15)2/h5-7,13-14,18H,4,8-10H2,1-3H3,(H,19,21). The summed E-state index contributed by atoms with van der Waals surface area (Å²) in [5.74, 6) is -0.949. The number of hydrogen-bond donors (Lipinski definition) is 2. The van der Waals surface area contributed by atoms with Crippen LogP contribution >= 0.6 is 0 Å². The molecule has 2 N–H and O–H groups in total. The minimum absolute atomic E-state index is 0.0468. The van der Waals surface area contributed by atoms with E-state index in [2.05, 4.69) is 10.0 Å². The minimum atomic E-state index is -3.89. The largest absolute Gasteiger partial charge is 0.375 e.